The molecule has 0 radical (unpaired) electrons. The first-order valence-corrected chi connectivity index (χ1v) is 8.53. The Balaban J connectivity index is 2.04. The number of rotatable bonds is 2. The molecule has 2 unspecified atom stereocenters. The van der Waals surface area contributed by atoms with Crippen LogP contribution < -0.4 is 5.32 Å². The monoisotopic (exact) mass is 349 g/mol. The highest BCUT2D eigenvalue weighted by Gasteiger charge is 2.68. The van der Waals surface area contributed by atoms with Gasteiger partial charge in [0.25, 0.3) is 5.91 Å². The van der Waals surface area contributed by atoms with Gasteiger partial charge in [0.1, 0.15) is 5.60 Å². The summed E-state index contributed by atoms with van der Waals surface area (Å²) in [5.74, 6) is -1.97. The number of aryl methyl sites for hydroxylation is 2. The first-order valence-electron chi connectivity index (χ1n) is 8.53. The number of ketones is 2. The molecule has 0 saturated heterocycles. The zero-order chi connectivity index (χ0) is 18.9. The second-order valence-electron chi connectivity index (χ2n) is 7.27. The zero-order valence-corrected chi connectivity index (χ0v) is 14.8. The SMILES string of the molecule is CC(=O)C(=O)NC12C(=O)c3ccccc3C1(O)Cc1cc(C)c(C)cc12. The summed E-state index contributed by atoms with van der Waals surface area (Å²) in [5, 5.41) is 14.3. The van der Waals surface area contributed by atoms with Gasteiger partial charge >= 0.3 is 0 Å². The van der Waals surface area contributed by atoms with Gasteiger partial charge in [0.2, 0.25) is 5.78 Å². The van der Waals surface area contributed by atoms with Crippen LogP contribution in [-0.4, -0.2) is 22.6 Å². The molecule has 26 heavy (non-hydrogen) atoms. The molecule has 5 heteroatoms. The van der Waals surface area contributed by atoms with Crippen LogP contribution in [-0.2, 0) is 27.1 Å². The molecule has 0 heterocycles. The van der Waals surface area contributed by atoms with Gasteiger partial charge in [-0.3, -0.25) is 14.4 Å². The molecular weight excluding hydrogens is 330 g/mol. The maximum Gasteiger partial charge on any atom is 0.288 e. The number of fused-ring (bicyclic) bond motifs is 5. The predicted octanol–water partition coefficient (Wildman–Crippen LogP) is 1.84. The molecule has 5 nitrogen and oxygen atoms in total. The van der Waals surface area contributed by atoms with Crippen molar-refractivity contribution in [1.82, 2.24) is 5.32 Å². The second-order valence-corrected chi connectivity index (χ2v) is 7.27. The first-order chi connectivity index (χ1) is 12.2. The van der Waals surface area contributed by atoms with Gasteiger partial charge in [-0.25, -0.2) is 0 Å². The molecule has 132 valence electrons. The maximum atomic E-state index is 13.4. The quantitative estimate of drug-likeness (QED) is 0.811. The summed E-state index contributed by atoms with van der Waals surface area (Å²) in [4.78, 5) is 37.4. The molecule has 2 atom stereocenters. The molecule has 2 aliphatic rings. The summed E-state index contributed by atoms with van der Waals surface area (Å²) in [6.07, 6.45) is 0.199. The molecule has 4 rings (SSSR count). The number of nitrogens with one attached hydrogen (secondary N) is 1. The fourth-order valence-corrected chi connectivity index (χ4v) is 4.34. The minimum atomic E-state index is -1.67. The van der Waals surface area contributed by atoms with E-state index in [1.54, 1.807) is 24.3 Å². The van der Waals surface area contributed by atoms with Gasteiger partial charge in [0.05, 0.1) is 0 Å². The normalized spacial score (nSPS) is 25.5. The highest BCUT2D eigenvalue weighted by Crippen LogP contribution is 2.57. The molecule has 0 bridgehead atoms. The van der Waals surface area contributed by atoms with Gasteiger partial charge in [-0.2, -0.15) is 0 Å². The lowest BCUT2D eigenvalue weighted by atomic mass is 9.79. The van der Waals surface area contributed by atoms with Crippen molar-refractivity contribution in [3.63, 3.8) is 0 Å². The van der Waals surface area contributed by atoms with E-state index in [0.717, 1.165) is 23.6 Å². The summed E-state index contributed by atoms with van der Waals surface area (Å²) in [7, 11) is 0. The topological polar surface area (TPSA) is 83.5 Å². The Morgan fingerprint density at radius 1 is 1.08 bits per heavy atom. The second kappa shape index (κ2) is 5.11. The van der Waals surface area contributed by atoms with Crippen LogP contribution in [0.3, 0.4) is 0 Å². The first kappa shape index (κ1) is 16.7. The Morgan fingerprint density at radius 2 is 1.73 bits per heavy atom. The van der Waals surface area contributed by atoms with Crippen molar-refractivity contribution in [1.29, 1.82) is 0 Å². The number of carbonyl (C=O) groups is 3. The van der Waals surface area contributed by atoms with Crippen molar-refractivity contribution in [3.05, 3.63) is 69.8 Å². The summed E-state index contributed by atoms with van der Waals surface area (Å²) in [5.41, 5.74) is 0.945. The standard InChI is InChI=1S/C21H19NO4/c1-11-8-14-10-20(26)16-7-5-4-6-15(16)18(24)21(20,17(14)9-12(11)2)22-19(25)13(3)23/h4-9,26H,10H2,1-3H3,(H,22,25). The molecule has 0 spiro atoms. The number of Topliss-reactive ketones (excluding diaryl/α,β-unsaturated/α-hetero) is 2. The van der Waals surface area contributed by atoms with E-state index in [4.69, 9.17) is 0 Å². The fraction of sp³-hybridized carbons (Fsp3) is 0.286. The van der Waals surface area contributed by atoms with E-state index in [0.29, 0.717) is 16.7 Å². The van der Waals surface area contributed by atoms with Crippen molar-refractivity contribution in [3.8, 4) is 0 Å². The summed E-state index contributed by atoms with van der Waals surface area (Å²) in [6, 6.07) is 10.6. The minimum Gasteiger partial charge on any atom is -0.381 e. The Hall–Kier alpha value is -2.79. The van der Waals surface area contributed by atoms with Gasteiger partial charge in [-0.15, -0.1) is 0 Å². The largest absolute Gasteiger partial charge is 0.381 e. The van der Waals surface area contributed by atoms with Gasteiger partial charge in [-0.05, 0) is 41.7 Å². The summed E-state index contributed by atoms with van der Waals surface area (Å²) >= 11 is 0. The van der Waals surface area contributed by atoms with Crippen LogP contribution in [0.25, 0.3) is 0 Å². The molecule has 0 aliphatic heterocycles. The molecule has 0 aromatic heterocycles. The van der Waals surface area contributed by atoms with E-state index in [1.807, 2.05) is 26.0 Å². The van der Waals surface area contributed by atoms with Crippen LogP contribution in [0.15, 0.2) is 36.4 Å². The van der Waals surface area contributed by atoms with Gasteiger partial charge in [-0.1, -0.05) is 36.4 Å². The lowest BCUT2D eigenvalue weighted by Gasteiger charge is -2.36. The summed E-state index contributed by atoms with van der Waals surface area (Å²) in [6.45, 7) is 5.03. The Bertz CT molecular complexity index is 1010. The van der Waals surface area contributed by atoms with Crippen molar-refractivity contribution in [2.75, 3.05) is 0 Å². The van der Waals surface area contributed by atoms with E-state index in [2.05, 4.69) is 5.32 Å². The lowest BCUT2D eigenvalue weighted by Crippen LogP contribution is -2.59. The lowest BCUT2D eigenvalue weighted by molar-refractivity contribution is -0.139. The smallest absolute Gasteiger partial charge is 0.288 e. The van der Waals surface area contributed by atoms with Crippen LogP contribution in [0.4, 0.5) is 0 Å². The third kappa shape index (κ3) is 1.81. The van der Waals surface area contributed by atoms with Gasteiger partial charge in [0, 0.05) is 18.9 Å². The molecule has 2 N–H and O–H groups in total. The van der Waals surface area contributed by atoms with Crippen LogP contribution in [0.5, 0.6) is 0 Å². The summed E-state index contributed by atoms with van der Waals surface area (Å²) < 4.78 is 0. The fourth-order valence-electron chi connectivity index (χ4n) is 4.34. The van der Waals surface area contributed by atoms with Gasteiger partial charge < -0.3 is 10.4 Å². The van der Waals surface area contributed by atoms with Crippen molar-refractivity contribution in [2.24, 2.45) is 0 Å². The molecule has 1 amide bonds. The number of aliphatic hydroxyl groups is 1. The molecule has 0 fully saturated rings. The molecule has 2 aromatic rings. The third-order valence-corrected chi connectivity index (χ3v) is 5.77. The Labute approximate surface area is 151 Å². The van der Waals surface area contributed by atoms with Crippen LogP contribution >= 0.6 is 0 Å². The third-order valence-electron chi connectivity index (χ3n) is 5.77. The van der Waals surface area contributed by atoms with Crippen LogP contribution in [0.1, 0.15) is 45.1 Å². The van der Waals surface area contributed by atoms with E-state index in [1.165, 1.54) is 0 Å². The van der Waals surface area contributed by atoms with Crippen molar-refractivity contribution < 1.29 is 19.5 Å². The highest BCUT2D eigenvalue weighted by atomic mass is 16.3. The van der Waals surface area contributed by atoms with Crippen molar-refractivity contribution >= 4 is 17.5 Å². The maximum absolute atomic E-state index is 13.4. The molecule has 2 aromatic carbocycles. The molecular formula is C21H19NO4. The van der Waals surface area contributed by atoms with Crippen LogP contribution in [0.2, 0.25) is 0 Å². The average molecular weight is 349 g/mol. The van der Waals surface area contributed by atoms with Crippen molar-refractivity contribution in [2.45, 2.75) is 38.3 Å². The number of amides is 1. The number of carbonyl (C=O) groups excluding carboxylic acids is 3. The highest BCUT2D eigenvalue weighted by molar-refractivity contribution is 6.36. The average Bonchev–Trinajstić information content (AvgIpc) is 2.93. The molecule has 0 saturated carbocycles. The minimum absolute atomic E-state index is 0.199. The molecule has 2 aliphatic carbocycles. The number of benzene rings is 2. The number of hydrogen-bond donors (Lipinski definition) is 2. The number of hydrogen-bond acceptors (Lipinski definition) is 4. The van der Waals surface area contributed by atoms with E-state index < -0.39 is 22.8 Å². The predicted molar refractivity (Wildman–Crippen MR) is 94.8 cm³/mol. The van der Waals surface area contributed by atoms with Crippen LogP contribution in [0, 0.1) is 13.8 Å². The Kier molecular flexibility index (Phi) is 3.28. The van der Waals surface area contributed by atoms with E-state index in [9.17, 15) is 19.5 Å². The van der Waals surface area contributed by atoms with Gasteiger partial charge in [0.15, 0.2) is 11.3 Å². The van der Waals surface area contributed by atoms with E-state index in [-0.39, 0.29) is 12.2 Å². The zero-order valence-electron chi connectivity index (χ0n) is 14.8. The van der Waals surface area contributed by atoms with E-state index >= 15 is 0 Å². The Morgan fingerprint density at radius 3 is 2.42 bits per heavy atom.